The monoisotopic (exact) mass is 391 g/mol. The van der Waals surface area contributed by atoms with Gasteiger partial charge in [0.05, 0.1) is 19.8 Å². The Morgan fingerprint density at radius 2 is 1.31 bits per heavy atom. The van der Waals surface area contributed by atoms with Gasteiger partial charge in [-0.3, -0.25) is 4.79 Å². The topological polar surface area (TPSA) is 73.9 Å². The number of esters is 1. The Morgan fingerprint density at radius 1 is 0.759 bits per heavy atom. The molecular weight excluding hydrogens is 370 g/mol. The van der Waals surface area contributed by atoms with Crippen LogP contribution in [0.2, 0.25) is 0 Å². The normalized spacial score (nSPS) is 10.1. The summed E-state index contributed by atoms with van der Waals surface area (Å²) in [6.07, 6.45) is 0. The number of rotatable bonds is 7. The van der Waals surface area contributed by atoms with Crippen LogP contribution in [0.5, 0.6) is 17.2 Å². The van der Waals surface area contributed by atoms with Crippen molar-refractivity contribution in [3.8, 4) is 17.2 Å². The largest absolute Gasteiger partial charge is 0.496 e. The molecule has 1 N–H and O–H groups in total. The molecule has 0 saturated carbocycles. The first-order valence-electron chi connectivity index (χ1n) is 8.97. The first kappa shape index (κ1) is 19.9. The zero-order valence-corrected chi connectivity index (χ0v) is 16.2. The molecule has 0 spiro atoms. The number of ether oxygens (including phenoxy) is 3. The van der Waals surface area contributed by atoms with Crippen molar-refractivity contribution in [2.45, 2.75) is 6.54 Å². The lowest BCUT2D eigenvalue weighted by atomic mass is 10.1. The van der Waals surface area contributed by atoms with E-state index in [2.05, 4.69) is 5.32 Å². The number of para-hydroxylation sites is 2. The highest BCUT2D eigenvalue weighted by Gasteiger charge is 2.14. The van der Waals surface area contributed by atoms with Crippen molar-refractivity contribution in [3.05, 3.63) is 89.5 Å². The van der Waals surface area contributed by atoms with Crippen LogP contribution in [0.25, 0.3) is 0 Å². The van der Waals surface area contributed by atoms with E-state index in [1.807, 2.05) is 0 Å². The van der Waals surface area contributed by atoms with E-state index in [4.69, 9.17) is 14.2 Å². The Morgan fingerprint density at radius 3 is 1.93 bits per heavy atom. The van der Waals surface area contributed by atoms with E-state index in [9.17, 15) is 9.59 Å². The third kappa shape index (κ3) is 4.93. The molecule has 0 radical (unpaired) electrons. The van der Waals surface area contributed by atoms with Gasteiger partial charge < -0.3 is 19.5 Å². The Hall–Kier alpha value is -3.80. The fraction of sp³-hybridized carbons (Fsp3) is 0.130. The van der Waals surface area contributed by atoms with Gasteiger partial charge in [-0.15, -0.1) is 0 Å². The maximum absolute atomic E-state index is 12.4. The second kappa shape index (κ2) is 9.41. The van der Waals surface area contributed by atoms with Crippen molar-refractivity contribution in [2.75, 3.05) is 14.2 Å². The first-order valence-corrected chi connectivity index (χ1v) is 8.97. The van der Waals surface area contributed by atoms with Gasteiger partial charge in [-0.2, -0.15) is 0 Å². The minimum Gasteiger partial charge on any atom is -0.496 e. The highest BCUT2D eigenvalue weighted by atomic mass is 16.5. The summed E-state index contributed by atoms with van der Waals surface area (Å²) in [7, 11) is 3.03. The van der Waals surface area contributed by atoms with E-state index in [1.165, 1.54) is 14.2 Å². The zero-order chi connectivity index (χ0) is 20.6. The van der Waals surface area contributed by atoms with Gasteiger partial charge in [0.1, 0.15) is 22.8 Å². The lowest BCUT2D eigenvalue weighted by Crippen LogP contribution is -2.23. The Bertz CT molecular complexity index is 998. The summed E-state index contributed by atoms with van der Waals surface area (Å²) in [5.74, 6) is 0.645. The fourth-order valence-corrected chi connectivity index (χ4v) is 2.76. The smallest absolute Gasteiger partial charge is 0.347 e. The summed E-state index contributed by atoms with van der Waals surface area (Å²) in [6, 6.07) is 20.8. The van der Waals surface area contributed by atoms with Gasteiger partial charge in [-0.1, -0.05) is 36.4 Å². The molecule has 148 valence electrons. The molecule has 0 saturated heterocycles. The summed E-state index contributed by atoms with van der Waals surface area (Å²) < 4.78 is 15.8. The molecule has 29 heavy (non-hydrogen) atoms. The molecule has 0 unspecified atom stereocenters. The van der Waals surface area contributed by atoms with Gasteiger partial charge in [0, 0.05) is 6.54 Å². The van der Waals surface area contributed by atoms with Crippen molar-refractivity contribution < 1.29 is 23.8 Å². The van der Waals surface area contributed by atoms with Crippen LogP contribution in [-0.2, 0) is 6.54 Å². The summed E-state index contributed by atoms with van der Waals surface area (Å²) in [5.41, 5.74) is 1.69. The van der Waals surface area contributed by atoms with E-state index in [-0.39, 0.29) is 5.91 Å². The molecule has 3 aromatic carbocycles. The van der Waals surface area contributed by atoms with Crippen LogP contribution in [0.15, 0.2) is 72.8 Å². The van der Waals surface area contributed by atoms with Crippen molar-refractivity contribution in [3.63, 3.8) is 0 Å². The van der Waals surface area contributed by atoms with Crippen LogP contribution in [0.4, 0.5) is 0 Å². The van der Waals surface area contributed by atoms with Gasteiger partial charge in [-0.25, -0.2) is 4.79 Å². The quantitative estimate of drug-likeness (QED) is 0.489. The summed E-state index contributed by atoms with van der Waals surface area (Å²) in [6.45, 7) is 0.331. The fourth-order valence-electron chi connectivity index (χ4n) is 2.76. The van der Waals surface area contributed by atoms with Crippen LogP contribution in [-0.4, -0.2) is 26.1 Å². The van der Waals surface area contributed by atoms with Crippen LogP contribution in [0.3, 0.4) is 0 Å². The second-order valence-electron chi connectivity index (χ2n) is 6.12. The van der Waals surface area contributed by atoms with Crippen molar-refractivity contribution in [1.82, 2.24) is 5.32 Å². The Balaban J connectivity index is 1.60. The molecule has 0 aromatic heterocycles. The highest BCUT2D eigenvalue weighted by molar-refractivity contribution is 5.97. The molecule has 0 heterocycles. The number of carbonyl (C=O) groups is 2. The number of hydrogen-bond donors (Lipinski definition) is 1. The lowest BCUT2D eigenvalue weighted by Gasteiger charge is -2.10. The predicted octanol–water partition coefficient (Wildman–Crippen LogP) is 3.85. The van der Waals surface area contributed by atoms with Crippen molar-refractivity contribution >= 4 is 11.9 Å². The molecule has 0 aliphatic carbocycles. The summed E-state index contributed by atoms with van der Waals surface area (Å²) >= 11 is 0. The molecule has 6 nitrogen and oxygen atoms in total. The van der Waals surface area contributed by atoms with Gasteiger partial charge >= 0.3 is 5.97 Å². The number of benzene rings is 3. The molecule has 1 amide bonds. The maximum Gasteiger partial charge on any atom is 0.347 e. The second-order valence-corrected chi connectivity index (χ2v) is 6.12. The molecule has 0 atom stereocenters. The molecule has 0 fully saturated rings. The number of carbonyl (C=O) groups excluding carboxylic acids is 2. The van der Waals surface area contributed by atoms with Crippen LogP contribution in [0, 0.1) is 0 Å². The van der Waals surface area contributed by atoms with Crippen LogP contribution < -0.4 is 19.5 Å². The van der Waals surface area contributed by atoms with Gasteiger partial charge in [0.25, 0.3) is 5.91 Å². The van der Waals surface area contributed by atoms with E-state index in [1.54, 1.807) is 72.8 Å². The summed E-state index contributed by atoms with van der Waals surface area (Å²) in [5, 5.41) is 2.85. The molecule has 3 rings (SSSR count). The van der Waals surface area contributed by atoms with Crippen LogP contribution >= 0.6 is 0 Å². The Kier molecular flexibility index (Phi) is 6.47. The lowest BCUT2D eigenvalue weighted by molar-refractivity contribution is 0.0731. The summed E-state index contributed by atoms with van der Waals surface area (Å²) in [4.78, 5) is 24.7. The number of methoxy groups -OCH3 is 2. The van der Waals surface area contributed by atoms with E-state index < -0.39 is 5.97 Å². The standard InChI is InChI=1S/C23H21NO5/c1-27-20-9-5-3-7-18(20)22(25)24-15-16-11-13-17(14-12-16)29-23(26)19-8-4-6-10-21(19)28-2/h3-14H,15H2,1-2H3,(H,24,25). The first-order chi connectivity index (χ1) is 14.1. The molecule has 6 heteroatoms. The molecule has 0 aliphatic rings. The highest BCUT2D eigenvalue weighted by Crippen LogP contribution is 2.21. The zero-order valence-electron chi connectivity index (χ0n) is 16.2. The van der Waals surface area contributed by atoms with Crippen molar-refractivity contribution in [1.29, 1.82) is 0 Å². The third-order valence-corrected chi connectivity index (χ3v) is 4.27. The average molecular weight is 391 g/mol. The SMILES string of the molecule is COc1ccccc1C(=O)NCc1ccc(OC(=O)c2ccccc2OC)cc1. The molecule has 0 bridgehead atoms. The predicted molar refractivity (Wildman–Crippen MR) is 109 cm³/mol. The number of hydrogen-bond acceptors (Lipinski definition) is 5. The van der Waals surface area contributed by atoms with Crippen LogP contribution in [0.1, 0.15) is 26.3 Å². The molecular formula is C23H21NO5. The van der Waals surface area contributed by atoms with E-state index in [0.717, 1.165) is 5.56 Å². The number of nitrogens with one attached hydrogen (secondary N) is 1. The Labute approximate surface area is 169 Å². The van der Waals surface area contributed by atoms with Crippen molar-refractivity contribution in [2.24, 2.45) is 0 Å². The maximum atomic E-state index is 12.4. The minimum absolute atomic E-state index is 0.228. The van der Waals surface area contributed by atoms with Gasteiger partial charge in [-0.05, 0) is 42.0 Å². The van der Waals surface area contributed by atoms with Gasteiger partial charge in [0.15, 0.2) is 0 Å². The van der Waals surface area contributed by atoms with E-state index >= 15 is 0 Å². The third-order valence-electron chi connectivity index (χ3n) is 4.27. The minimum atomic E-state index is -0.500. The average Bonchev–Trinajstić information content (AvgIpc) is 2.78. The van der Waals surface area contributed by atoms with E-state index in [0.29, 0.717) is 34.9 Å². The van der Waals surface area contributed by atoms with Gasteiger partial charge in [0.2, 0.25) is 0 Å². The molecule has 3 aromatic rings. The molecule has 0 aliphatic heterocycles. The number of amides is 1.